The number of amides is 2. The van der Waals surface area contributed by atoms with Gasteiger partial charge in [0.05, 0.1) is 0 Å². The van der Waals surface area contributed by atoms with Gasteiger partial charge in [-0.25, -0.2) is 4.79 Å². The van der Waals surface area contributed by atoms with Gasteiger partial charge in [-0.15, -0.1) is 0 Å². The molecule has 0 spiro atoms. The number of benzene rings is 1. The lowest BCUT2D eigenvalue weighted by Gasteiger charge is -2.33. The number of hydrogen-bond donors (Lipinski definition) is 2. The van der Waals surface area contributed by atoms with Gasteiger partial charge in [0.2, 0.25) is 0 Å². The molecule has 1 heterocycles. The molecule has 0 bridgehead atoms. The maximum Gasteiger partial charge on any atom is 0.319 e. The highest BCUT2D eigenvalue weighted by Gasteiger charge is 2.27. The third kappa shape index (κ3) is 4.56. The van der Waals surface area contributed by atoms with Crippen LogP contribution >= 0.6 is 0 Å². The second-order valence-electron chi connectivity index (χ2n) is 5.86. The SMILES string of the molecule is CC(=O)c1ccc(NC(=O)NCC2(C)CCOCC2)cc1. The number of rotatable bonds is 4. The number of hydrogen-bond acceptors (Lipinski definition) is 3. The average Bonchev–Trinajstić information content (AvgIpc) is 2.47. The van der Waals surface area contributed by atoms with E-state index in [4.69, 9.17) is 4.74 Å². The monoisotopic (exact) mass is 290 g/mol. The first-order chi connectivity index (χ1) is 9.98. The van der Waals surface area contributed by atoms with Crippen LogP contribution in [0.4, 0.5) is 10.5 Å². The Hall–Kier alpha value is -1.88. The maximum absolute atomic E-state index is 11.9. The van der Waals surface area contributed by atoms with E-state index in [9.17, 15) is 9.59 Å². The molecule has 1 aromatic rings. The molecule has 1 fully saturated rings. The van der Waals surface area contributed by atoms with Gasteiger partial charge in [-0.3, -0.25) is 4.79 Å². The fourth-order valence-corrected chi connectivity index (χ4v) is 2.30. The van der Waals surface area contributed by atoms with Crippen LogP contribution in [0.25, 0.3) is 0 Å². The normalized spacial score (nSPS) is 17.0. The molecule has 1 saturated heterocycles. The van der Waals surface area contributed by atoms with E-state index in [1.54, 1.807) is 24.3 Å². The molecule has 2 N–H and O–H groups in total. The van der Waals surface area contributed by atoms with E-state index in [0.29, 0.717) is 17.8 Å². The van der Waals surface area contributed by atoms with Crippen molar-refractivity contribution in [3.8, 4) is 0 Å². The van der Waals surface area contributed by atoms with Gasteiger partial charge >= 0.3 is 6.03 Å². The fourth-order valence-electron chi connectivity index (χ4n) is 2.30. The van der Waals surface area contributed by atoms with Crippen LogP contribution in [0.1, 0.15) is 37.0 Å². The molecule has 2 amide bonds. The topological polar surface area (TPSA) is 67.4 Å². The first kappa shape index (κ1) is 15.5. The van der Waals surface area contributed by atoms with Crippen LogP contribution in [0.15, 0.2) is 24.3 Å². The van der Waals surface area contributed by atoms with Crippen LogP contribution in [-0.2, 0) is 4.74 Å². The summed E-state index contributed by atoms with van der Waals surface area (Å²) < 4.78 is 5.34. The van der Waals surface area contributed by atoms with Crippen molar-refractivity contribution in [2.75, 3.05) is 25.1 Å². The third-order valence-electron chi connectivity index (χ3n) is 3.92. The molecule has 5 nitrogen and oxygen atoms in total. The number of ether oxygens (including phenoxy) is 1. The van der Waals surface area contributed by atoms with Crippen molar-refractivity contribution < 1.29 is 14.3 Å². The smallest absolute Gasteiger partial charge is 0.319 e. The van der Waals surface area contributed by atoms with E-state index in [1.807, 2.05) is 0 Å². The largest absolute Gasteiger partial charge is 0.381 e. The number of carbonyl (C=O) groups excluding carboxylic acids is 2. The summed E-state index contributed by atoms with van der Waals surface area (Å²) in [5.74, 6) is 0.0124. The second kappa shape index (κ2) is 6.72. The third-order valence-corrected chi connectivity index (χ3v) is 3.92. The van der Waals surface area contributed by atoms with E-state index in [0.717, 1.165) is 26.1 Å². The Bertz CT molecular complexity index is 505. The highest BCUT2D eigenvalue weighted by molar-refractivity contribution is 5.95. The standard InChI is InChI=1S/C16H22N2O3/c1-12(19)13-3-5-14(6-4-13)18-15(20)17-11-16(2)7-9-21-10-8-16/h3-6H,7-11H2,1-2H3,(H2,17,18,20). The molecule has 1 aliphatic heterocycles. The average molecular weight is 290 g/mol. The summed E-state index contributed by atoms with van der Waals surface area (Å²) in [5.41, 5.74) is 1.42. The molecule has 114 valence electrons. The van der Waals surface area contributed by atoms with Gasteiger partial charge in [-0.1, -0.05) is 6.92 Å². The summed E-state index contributed by atoms with van der Waals surface area (Å²) in [6, 6.07) is 6.65. The number of carbonyl (C=O) groups is 2. The summed E-state index contributed by atoms with van der Waals surface area (Å²) in [5, 5.41) is 5.68. The minimum absolute atomic E-state index is 0.0124. The molecule has 0 aliphatic carbocycles. The molecule has 1 aromatic carbocycles. The van der Waals surface area contributed by atoms with E-state index >= 15 is 0 Å². The minimum Gasteiger partial charge on any atom is -0.381 e. The Balaban J connectivity index is 1.82. The Morgan fingerprint density at radius 1 is 1.19 bits per heavy atom. The summed E-state index contributed by atoms with van der Waals surface area (Å²) in [6.45, 7) is 5.83. The zero-order valence-electron chi connectivity index (χ0n) is 12.6. The van der Waals surface area contributed by atoms with E-state index in [2.05, 4.69) is 17.6 Å². The Morgan fingerprint density at radius 2 is 1.81 bits per heavy atom. The molecule has 0 aromatic heterocycles. The lowest BCUT2D eigenvalue weighted by Crippen LogP contribution is -2.41. The van der Waals surface area contributed by atoms with Crippen molar-refractivity contribution in [1.29, 1.82) is 0 Å². The molecule has 21 heavy (non-hydrogen) atoms. The highest BCUT2D eigenvalue weighted by atomic mass is 16.5. The minimum atomic E-state index is -0.224. The van der Waals surface area contributed by atoms with E-state index in [1.165, 1.54) is 6.92 Å². The van der Waals surface area contributed by atoms with Crippen molar-refractivity contribution in [2.24, 2.45) is 5.41 Å². The van der Waals surface area contributed by atoms with Gasteiger partial charge < -0.3 is 15.4 Å². The summed E-state index contributed by atoms with van der Waals surface area (Å²) >= 11 is 0. The highest BCUT2D eigenvalue weighted by Crippen LogP contribution is 2.28. The molecule has 5 heteroatoms. The first-order valence-electron chi connectivity index (χ1n) is 7.22. The molecule has 0 unspecified atom stereocenters. The predicted molar refractivity (Wildman–Crippen MR) is 81.6 cm³/mol. The van der Waals surface area contributed by atoms with Gasteiger partial charge in [-0.2, -0.15) is 0 Å². The molecule has 0 atom stereocenters. The molecular formula is C16H22N2O3. The maximum atomic E-state index is 11.9. The fraction of sp³-hybridized carbons (Fsp3) is 0.500. The van der Waals surface area contributed by atoms with Crippen molar-refractivity contribution in [1.82, 2.24) is 5.32 Å². The van der Waals surface area contributed by atoms with Crippen LogP contribution in [0.3, 0.4) is 0 Å². The van der Waals surface area contributed by atoms with Crippen LogP contribution in [0, 0.1) is 5.41 Å². The first-order valence-corrected chi connectivity index (χ1v) is 7.22. The number of urea groups is 1. The Morgan fingerprint density at radius 3 is 2.38 bits per heavy atom. The zero-order valence-corrected chi connectivity index (χ0v) is 12.6. The number of anilines is 1. The van der Waals surface area contributed by atoms with Crippen LogP contribution in [0.2, 0.25) is 0 Å². The summed E-state index contributed by atoms with van der Waals surface area (Å²) in [4.78, 5) is 23.1. The molecule has 0 radical (unpaired) electrons. The zero-order chi connectivity index (χ0) is 15.3. The number of Topliss-reactive ketones (excluding diaryl/α,β-unsaturated/α-hetero) is 1. The van der Waals surface area contributed by atoms with Crippen molar-refractivity contribution in [2.45, 2.75) is 26.7 Å². The quantitative estimate of drug-likeness (QED) is 0.838. The lowest BCUT2D eigenvalue weighted by atomic mass is 9.82. The molecule has 1 aliphatic rings. The predicted octanol–water partition coefficient (Wildman–Crippen LogP) is 2.83. The van der Waals surface area contributed by atoms with E-state index < -0.39 is 0 Å². The molecule has 0 saturated carbocycles. The number of nitrogens with one attached hydrogen (secondary N) is 2. The summed E-state index contributed by atoms with van der Waals surface area (Å²) in [6.07, 6.45) is 1.92. The van der Waals surface area contributed by atoms with Gasteiger partial charge in [0, 0.05) is 31.0 Å². The van der Waals surface area contributed by atoms with Crippen molar-refractivity contribution in [3.63, 3.8) is 0 Å². The second-order valence-corrected chi connectivity index (χ2v) is 5.86. The van der Waals surface area contributed by atoms with Crippen LogP contribution in [0.5, 0.6) is 0 Å². The van der Waals surface area contributed by atoms with Crippen molar-refractivity contribution in [3.05, 3.63) is 29.8 Å². The Labute approximate surface area is 125 Å². The molecular weight excluding hydrogens is 268 g/mol. The van der Waals surface area contributed by atoms with Gasteiger partial charge in [-0.05, 0) is 49.4 Å². The van der Waals surface area contributed by atoms with Gasteiger partial charge in [0.25, 0.3) is 0 Å². The summed E-state index contributed by atoms with van der Waals surface area (Å²) in [7, 11) is 0. The van der Waals surface area contributed by atoms with Gasteiger partial charge in [0.15, 0.2) is 5.78 Å². The van der Waals surface area contributed by atoms with Gasteiger partial charge in [0.1, 0.15) is 0 Å². The number of ketones is 1. The lowest BCUT2D eigenvalue weighted by molar-refractivity contribution is 0.0254. The Kier molecular flexibility index (Phi) is 4.96. The van der Waals surface area contributed by atoms with E-state index in [-0.39, 0.29) is 17.2 Å². The van der Waals surface area contributed by atoms with Crippen molar-refractivity contribution >= 4 is 17.5 Å². The van der Waals surface area contributed by atoms with Crippen LogP contribution < -0.4 is 10.6 Å². The van der Waals surface area contributed by atoms with Crippen LogP contribution in [-0.4, -0.2) is 31.6 Å². The molecule has 2 rings (SSSR count).